The molecule has 1 N–H and O–H groups in total. The lowest BCUT2D eigenvalue weighted by atomic mass is 9.96. The summed E-state index contributed by atoms with van der Waals surface area (Å²) in [4.78, 5) is 11.2. The molecule has 0 saturated heterocycles. The lowest BCUT2D eigenvalue weighted by Crippen LogP contribution is -2.31. The first-order chi connectivity index (χ1) is 8.31. The van der Waals surface area contributed by atoms with Crippen molar-refractivity contribution >= 4 is 5.95 Å². The second-order valence-electron chi connectivity index (χ2n) is 6.00. The Morgan fingerprint density at radius 3 is 2.50 bits per heavy atom. The smallest absolute Gasteiger partial charge is 0.225 e. The van der Waals surface area contributed by atoms with E-state index in [1.165, 1.54) is 0 Å². The van der Waals surface area contributed by atoms with Gasteiger partial charge in [-0.25, -0.2) is 9.97 Å². The molecule has 0 fully saturated rings. The van der Waals surface area contributed by atoms with Gasteiger partial charge >= 0.3 is 0 Å². The van der Waals surface area contributed by atoms with Crippen LogP contribution in [0.4, 0.5) is 5.95 Å². The first kappa shape index (κ1) is 14.9. The van der Waals surface area contributed by atoms with Gasteiger partial charge in [-0.05, 0) is 24.9 Å². The third kappa shape index (κ3) is 5.00. The van der Waals surface area contributed by atoms with E-state index in [9.17, 15) is 0 Å². The summed E-state index contributed by atoms with van der Waals surface area (Å²) in [5.41, 5.74) is 2.32. The van der Waals surface area contributed by atoms with Crippen molar-refractivity contribution in [2.45, 2.75) is 41.2 Å². The Bertz CT molecular complexity index is 382. The summed E-state index contributed by atoms with van der Waals surface area (Å²) >= 11 is 0. The van der Waals surface area contributed by atoms with Crippen LogP contribution >= 0.6 is 0 Å². The maximum absolute atomic E-state index is 4.61. The molecule has 0 aromatic carbocycles. The minimum Gasteiger partial charge on any atom is -0.343 e. The van der Waals surface area contributed by atoms with Crippen LogP contribution in [0.3, 0.4) is 0 Å². The molecule has 102 valence electrons. The van der Waals surface area contributed by atoms with Crippen LogP contribution < -0.4 is 10.2 Å². The predicted molar refractivity (Wildman–Crippen MR) is 76.9 cm³/mol. The molecule has 1 heterocycles. The highest BCUT2D eigenvalue weighted by atomic mass is 15.2. The molecule has 1 rings (SSSR count). The van der Waals surface area contributed by atoms with Gasteiger partial charge in [-0.15, -0.1) is 0 Å². The number of anilines is 1. The number of aryl methyl sites for hydroxylation is 1. The molecule has 0 saturated carbocycles. The van der Waals surface area contributed by atoms with E-state index in [2.05, 4.69) is 54.9 Å². The molecule has 0 unspecified atom stereocenters. The van der Waals surface area contributed by atoms with Gasteiger partial charge in [0, 0.05) is 25.8 Å². The number of nitrogens with zero attached hydrogens (tertiary/aromatic N) is 3. The summed E-state index contributed by atoms with van der Waals surface area (Å²) in [7, 11) is 2.05. The Labute approximate surface area is 111 Å². The van der Waals surface area contributed by atoms with Crippen LogP contribution in [-0.2, 0) is 6.54 Å². The average molecular weight is 250 g/mol. The van der Waals surface area contributed by atoms with Gasteiger partial charge in [0.05, 0.1) is 5.69 Å². The van der Waals surface area contributed by atoms with Crippen LogP contribution in [0.15, 0.2) is 6.07 Å². The standard InChI is InChI=1S/C14H26N4/c1-7-15-9-12-8-11(2)16-13(17-12)18(6)10-14(3,4)5/h8,15H,7,9-10H2,1-6H3. The van der Waals surface area contributed by atoms with Crippen molar-refractivity contribution in [2.24, 2.45) is 5.41 Å². The fraction of sp³-hybridized carbons (Fsp3) is 0.714. The second-order valence-corrected chi connectivity index (χ2v) is 6.00. The highest BCUT2D eigenvalue weighted by molar-refractivity contribution is 5.31. The van der Waals surface area contributed by atoms with Crippen LogP contribution in [0, 0.1) is 12.3 Å². The van der Waals surface area contributed by atoms with E-state index < -0.39 is 0 Å². The molecule has 0 aliphatic rings. The summed E-state index contributed by atoms with van der Waals surface area (Å²) in [6.07, 6.45) is 0. The molecule has 0 spiro atoms. The van der Waals surface area contributed by atoms with Gasteiger partial charge < -0.3 is 10.2 Å². The Balaban J connectivity index is 2.84. The third-order valence-electron chi connectivity index (χ3n) is 2.50. The summed E-state index contributed by atoms with van der Waals surface area (Å²) in [6.45, 7) is 13.5. The average Bonchev–Trinajstić information content (AvgIpc) is 2.23. The van der Waals surface area contributed by atoms with E-state index >= 15 is 0 Å². The molecule has 0 radical (unpaired) electrons. The van der Waals surface area contributed by atoms with Gasteiger partial charge in [-0.2, -0.15) is 0 Å². The van der Waals surface area contributed by atoms with Crippen molar-refractivity contribution < 1.29 is 0 Å². The molecule has 1 aromatic rings. The first-order valence-electron chi connectivity index (χ1n) is 6.58. The zero-order chi connectivity index (χ0) is 13.8. The topological polar surface area (TPSA) is 41.1 Å². The number of nitrogens with one attached hydrogen (secondary N) is 1. The lowest BCUT2D eigenvalue weighted by molar-refractivity contribution is 0.416. The zero-order valence-electron chi connectivity index (χ0n) is 12.5. The number of aromatic nitrogens is 2. The van der Waals surface area contributed by atoms with E-state index in [0.29, 0.717) is 0 Å². The Morgan fingerprint density at radius 1 is 1.28 bits per heavy atom. The van der Waals surface area contributed by atoms with Gasteiger partial charge in [0.1, 0.15) is 0 Å². The summed E-state index contributed by atoms with van der Waals surface area (Å²) in [6, 6.07) is 2.04. The summed E-state index contributed by atoms with van der Waals surface area (Å²) in [5, 5.41) is 3.30. The van der Waals surface area contributed by atoms with Crippen LogP contribution in [0.1, 0.15) is 39.1 Å². The monoisotopic (exact) mass is 250 g/mol. The fourth-order valence-corrected chi connectivity index (χ4v) is 1.91. The van der Waals surface area contributed by atoms with Crippen LogP contribution in [0.2, 0.25) is 0 Å². The van der Waals surface area contributed by atoms with Crippen molar-refractivity contribution in [3.63, 3.8) is 0 Å². The molecule has 4 nitrogen and oxygen atoms in total. The van der Waals surface area contributed by atoms with E-state index in [0.717, 1.165) is 37.0 Å². The molecule has 0 aliphatic heterocycles. The van der Waals surface area contributed by atoms with E-state index in [-0.39, 0.29) is 5.41 Å². The normalized spacial score (nSPS) is 11.7. The summed E-state index contributed by atoms with van der Waals surface area (Å²) in [5.74, 6) is 0.817. The Morgan fingerprint density at radius 2 is 1.94 bits per heavy atom. The van der Waals surface area contributed by atoms with Gasteiger partial charge in [0.25, 0.3) is 0 Å². The Hall–Kier alpha value is -1.16. The van der Waals surface area contributed by atoms with E-state index in [1.54, 1.807) is 0 Å². The highest BCUT2D eigenvalue weighted by Crippen LogP contribution is 2.18. The lowest BCUT2D eigenvalue weighted by Gasteiger charge is -2.27. The number of rotatable bonds is 5. The molecule has 0 bridgehead atoms. The predicted octanol–water partition coefficient (Wildman–Crippen LogP) is 2.38. The van der Waals surface area contributed by atoms with Crippen molar-refractivity contribution in [1.29, 1.82) is 0 Å². The molecule has 0 amide bonds. The first-order valence-corrected chi connectivity index (χ1v) is 6.58. The third-order valence-corrected chi connectivity index (χ3v) is 2.50. The van der Waals surface area contributed by atoms with Crippen molar-refractivity contribution in [2.75, 3.05) is 25.0 Å². The number of hydrogen-bond acceptors (Lipinski definition) is 4. The maximum atomic E-state index is 4.61. The Kier molecular flexibility index (Phi) is 5.08. The summed E-state index contributed by atoms with van der Waals surface area (Å²) < 4.78 is 0. The van der Waals surface area contributed by atoms with Gasteiger partial charge in [-0.1, -0.05) is 27.7 Å². The minimum atomic E-state index is 0.240. The zero-order valence-corrected chi connectivity index (χ0v) is 12.5. The fourth-order valence-electron chi connectivity index (χ4n) is 1.91. The molecular weight excluding hydrogens is 224 g/mol. The van der Waals surface area contributed by atoms with E-state index in [1.807, 2.05) is 13.0 Å². The minimum absolute atomic E-state index is 0.240. The molecule has 4 heteroatoms. The largest absolute Gasteiger partial charge is 0.343 e. The second kappa shape index (κ2) is 6.14. The molecule has 1 aromatic heterocycles. The van der Waals surface area contributed by atoms with Crippen LogP contribution in [0.5, 0.6) is 0 Å². The molecule has 0 atom stereocenters. The van der Waals surface area contributed by atoms with Gasteiger partial charge in [0.2, 0.25) is 5.95 Å². The van der Waals surface area contributed by atoms with Gasteiger partial charge in [0.15, 0.2) is 0 Å². The quantitative estimate of drug-likeness (QED) is 0.871. The van der Waals surface area contributed by atoms with Gasteiger partial charge in [-0.3, -0.25) is 0 Å². The van der Waals surface area contributed by atoms with Crippen molar-refractivity contribution in [3.05, 3.63) is 17.5 Å². The van der Waals surface area contributed by atoms with Crippen molar-refractivity contribution in [1.82, 2.24) is 15.3 Å². The maximum Gasteiger partial charge on any atom is 0.225 e. The van der Waals surface area contributed by atoms with Crippen LogP contribution in [-0.4, -0.2) is 30.1 Å². The molecule has 18 heavy (non-hydrogen) atoms. The SMILES string of the molecule is CCNCc1cc(C)nc(N(C)CC(C)(C)C)n1. The van der Waals surface area contributed by atoms with E-state index in [4.69, 9.17) is 0 Å². The molecule has 0 aliphatic carbocycles. The van der Waals surface area contributed by atoms with Crippen LogP contribution in [0.25, 0.3) is 0 Å². The number of hydrogen-bond donors (Lipinski definition) is 1. The molecular formula is C14H26N4. The van der Waals surface area contributed by atoms with Crippen molar-refractivity contribution in [3.8, 4) is 0 Å². The highest BCUT2D eigenvalue weighted by Gasteiger charge is 2.16.